The van der Waals surface area contributed by atoms with E-state index in [4.69, 9.17) is 0 Å². The molecule has 19 heavy (non-hydrogen) atoms. The van der Waals surface area contributed by atoms with Crippen molar-refractivity contribution >= 4 is 0 Å². The number of likely N-dealkylation sites (tertiary alicyclic amines) is 1. The second-order valence-corrected chi connectivity index (χ2v) is 5.25. The Hall–Kier alpha value is -1.75. The van der Waals surface area contributed by atoms with Crippen molar-refractivity contribution in [1.82, 2.24) is 24.8 Å². The number of hydrogen-bond donors (Lipinski definition) is 1. The van der Waals surface area contributed by atoms with Crippen molar-refractivity contribution in [3.63, 3.8) is 0 Å². The van der Waals surface area contributed by atoms with E-state index in [9.17, 15) is 0 Å². The van der Waals surface area contributed by atoms with E-state index in [2.05, 4.69) is 31.8 Å². The number of rotatable bonds is 3. The van der Waals surface area contributed by atoms with Crippen molar-refractivity contribution in [3.05, 3.63) is 41.5 Å². The predicted molar refractivity (Wildman–Crippen MR) is 72.7 cm³/mol. The quantitative estimate of drug-likeness (QED) is 0.911. The van der Waals surface area contributed by atoms with Gasteiger partial charge in [-0.15, -0.1) is 0 Å². The first-order valence-electron chi connectivity index (χ1n) is 6.73. The van der Waals surface area contributed by atoms with E-state index >= 15 is 0 Å². The molecule has 3 rings (SSSR count). The van der Waals surface area contributed by atoms with Crippen LogP contribution in [-0.4, -0.2) is 37.9 Å². The van der Waals surface area contributed by atoms with E-state index in [1.807, 2.05) is 19.2 Å². The lowest BCUT2D eigenvalue weighted by Gasteiger charge is -2.14. The standard InChI is InChI=1S/C14H19N5/c1-10-3-5-15-14(18-10)12-4-6-19(7-12)8-13-11(2)16-9-17-13/h3,5,9,12H,4,6-8H2,1-2H3,(H,16,17)/t12-/m1/s1. The van der Waals surface area contributed by atoms with Crippen LogP contribution in [0, 0.1) is 13.8 Å². The molecule has 1 N–H and O–H groups in total. The summed E-state index contributed by atoms with van der Waals surface area (Å²) in [4.78, 5) is 18.9. The Morgan fingerprint density at radius 1 is 1.37 bits per heavy atom. The van der Waals surface area contributed by atoms with Crippen LogP contribution in [0.4, 0.5) is 0 Å². The first kappa shape index (κ1) is 12.3. The molecule has 2 aromatic heterocycles. The maximum atomic E-state index is 4.54. The normalized spacial score (nSPS) is 20.0. The van der Waals surface area contributed by atoms with Crippen LogP contribution in [0.1, 0.15) is 35.2 Å². The molecule has 100 valence electrons. The van der Waals surface area contributed by atoms with E-state index in [1.54, 1.807) is 6.33 Å². The van der Waals surface area contributed by atoms with Crippen LogP contribution in [-0.2, 0) is 6.54 Å². The number of aromatic amines is 1. The van der Waals surface area contributed by atoms with Gasteiger partial charge in [-0.05, 0) is 32.9 Å². The first-order valence-corrected chi connectivity index (χ1v) is 6.73. The smallest absolute Gasteiger partial charge is 0.132 e. The molecular weight excluding hydrogens is 238 g/mol. The van der Waals surface area contributed by atoms with Gasteiger partial charge in [-0.3, -0.25) is 4.90 Å². The second-order valence-electron chi connectivity index (χ2n) is 5.25. The highest BCUT2D eigenvalue weighted by molar-refractivity contribution is 5.10. The summed E-state index contributed by atoms with van der Waals surface area (Å²) in [5.74, 6) is 1.44. The highest BCUT2D eigenvalue weighted by Gasteiger charge is 2.26. The molecule has 1 aliphatic heterocycles. The van der Waals surface area contributed by atoms with Crippen molar-refractivity contribution in [2.75, 3.05) is 13.1 Å². The third kappa shape index (κ3) is 2.66. The molecule has 1 atom stereocenters. The Balaban J connectivity index is 1.66. The third-order valence-electron chi connectivity index (χ3n) is 3.76. The molecule has 0 unspecified atom stereocenters. The van der Waals surface area contributed by atoms with Crippen LogP contribution >= 0.6 is 0 Å². The van der Waals surface area contributed by atoms with Crippen molar-refractivity contribution < 1.29 is 0 Å². The summed E-state index contributed by atoms with van der Waals surface area (Å²) >= 11 is 0. The molecule has 0 saturated carbocycles. The highest BCUT2D eigenvalue weighted by atomic mass is 15.2. The summed E-state index contributed by atoms with van der Waals surface area (Å²) < 4.78 is 0. The first-order chi connectivity index (χ1) is 9.22. The van der Waals surface area contributed by atoms with E-state index in [1.165, 1.54) is 0 Å². The van der Waals surface area contributed by atoms with Gasteiger partial charge in [-0.2, -0.15) is 0 Å². The van der Waals surface area contributed by atoms with E-state index in [0.29, 0.717) is 5.92 Å². The van der Waals surface area contributed by atoms with Gasteiger partial charge >= 0.3 is 0 Å². The summed E-state index contributed by atoms with van der Waals surface area (Å²) in [7, 11) is 0. The number of nitrogens with zero attached hydrogens (tertiary/aromatic N) is 4. The Labute approximate surface area is 113 Å². The number of hydrogen-bond acceptors (Lipinski definition) is 4. The number of nitrogens with one attached hydrogen (secondary N) is 1. The molecule has 0 aliphatic carbocycles. The van der Waals surface area contributed by atoms with Crippen LogP contribution in [0.25, 0.3) is 0 Å². The minimum absolute atomic E-state index is 0.458. The van der Waals surface area contributed by atoms with Crippen LogP contribution < -0.4 is 0 Å². The van der Waals surface area contributed by atoms with Gasteiger partial charge in [-0.1, -0.05) is 0 Å². The van der Waals surface area contributed by atoms with Gasteiger partial charge in [-0.25, -0.2) is 15.0 Å². The fourth-order valence-corrected chi connectivity index (χ4v) is 2.61. The highest BCUT2D eigenvalue weighted by Crippen LogP contribution is 2.25. The van der Waals surface area contributed by atoms with E-state index in [0.717, 1.165) is 49.0 Å². The molecular formula is C14H19N5. The van der Waals surface area contributed by atoms with E-state index < -0.39 is 0 Å². The summed E-state index contributed by atoms with van der Waals surface area (Å²) in [5.41, 5.74) is 3.35. The maximum absolute atomic E-state index is 4.54. The van der Waals surface area contributed by atoms with Gasteiger partial charge in [0.2, 0.25) is 0 Å². The summed E-state index contributed by atoms with van der Waals surface area (Å²) in [6.07, 6.45) is 4.76. The number of imidazole rings is 1. The largest absolute Gasteiger partial charge is 0.348 e. The number of aromatic nitrogens is 4. The molecule has 0 aromatic carbocycles. The van der Waals surface area contributed by atoms with Gasteiger partial charge in [0, 0.05) is 36.6 Å². The average molecular weight is 257 g/mol. The molecule has 5 heteroatoms. The predicted octanol–water partition coefficient (Wildman–Crippen LogP) is 1.81. The zero-order chi connectivity index (χ0) is 13.2. The molecule has 0 amide bonds. The lowest BCUT2D eigenvalue weighted by molar-refractivity contribution is 0.321. The van der Waals surface area contributed by atoms with Gasteiger partial charge < -0.3 is 4.98 Å². The fraction of sp³-hybridized carbons (Fsp3) is 0.500. The summed E-state index contributed by atoms with van der Waals surface area (Å²) in [5, 5.41) is 0. The van der Waals surface area contributed by atoms with Crippen molar-refractivity contribution in [2.24, 2.45) is 0 Å². The van der Waals surface area contributed by atoms with Gasteiger partial charge in [0.1, 0.15) is 5.82 Å². The minimum Gasteiger partial charge on any atom is -0.348 e. The molecule has 0 spiro atoms. The molecule has 5 nitrogen and oxygen atoms in total. The van der Waals surface area contributed by atoms with Crippen LogP contribution in [0.15, 0.2) is 18.6 Å². The Bertz CT molecular complexity index is 562. The monoisotopic (exact) mass is 257 g/mol. The molecule has 0 radical (unpaired) electrons. The molecule has 1 saturated heterocycles. The lowest BCUT2D eigenvalue weighted by atomic mass is 10.1. The topological polar surface area (TPSA) is 57.7 Å². The Morgan fingerprint density at radius 3 is 3.00 bits per heavy atom. The Morgan fingerprint density at radius 2 is 2.26 bits per heavy atom. The van der Waals surface area contributed by atoms with Crippen LogP contribution in [0.2, 0.25) is 0 Å². The minimum atomic E-state index is 0.458. The maximum Gasteiger partial charge on any atom is 0.132 e. The Kier molecular flexibility index (Phi) is 3.29. The molecule has 2 aromatic rings. The zero-order valence-electron chi connectivity index (χ0n) is 11.4. The van der Waals surface area contributed by atoms with Crippen molar-refractivity contribution in [2.45, 2.75) is 32.7 Å². The van der Waals surface area contributed by atoms with Crippen LogP contribution in [0.5, 0.6) is 0 Å². The lowest BCUT2D eigenvalue weighted by Crippen LogP contribution is -2.21. The molecule has 3 heterocycles. The fourth-order valence-electron chi connectivity index (χ4n) is 2.61. The average Bonchev–Trinajstić information content (AvgIpc) is 3.00. The van der Waals surface area contributed by atoms with Gasteiger partial charge in [0.25, 0.3) is 0 Å². The van der Waals surface area contributed by atoms with Crippen molar-refractivity contribution in [1.29, 1.82) is 0 Å². The number of H-pyrrole nitrogens is 1. The zero-order valence-corrected chi connectivity index (χ0v) is 11.4. The van der Waals surface area contributed by atoms with Crippen LogP contribution in [0.3, 0.4) is 0 Å². The van der Waals surface area contributed by atoms with Crippen molar-refractivity contribution in [3.8, 4) is 0 Å². The number of aryl methyl sites for hydroxylation is 2. The summed E-state index contributed by atoms with van der Waals surface area (Å²) in [6.45, 7) is 7.12. The van der Waals surface area contributed by atoms with Gasteiger partial charge in [0.05, 0.1) is 12.0 Å². The van der Waals surface area contributed by atoms with E-state index in [-0.39, 0.29) is 0 Å². The molecule has 0 bridgehead atoms. The van der Waals surface area contributed by atoms with Gasteiger partial charge in [0.15, 0.2) is 0 Å². The SMILES string of the molecule is Cc1ccnc([C@@H]2CCN(Cc3nc[nH]c3C)C2)n1. The molecule has 1 aliphatic rings. The second kappa shape index (κ2) is 5.09. The summed E-state index contributed by atoms with van der Waals surface area (Å²) in [6, 6.07) is 1.95. The molecule has 1 fully saturated rings. The third-order valence-corrected chi connectivity index (χ3v) is 3.76.